The first-order valence-corrected chi connectivity index (χ1v) is 7.98. The molecule has 0 spiro atoms. The maximum atomic E-state index is 11.9. The molecule has 1 N–H and O–H groups in total. The van der Waals surface area contributed by atoms with Crippen LogP contribution in [0.15, 0.2) is 47.2 Å². The van der Waals surface area contributed by atoms with Gasteiger partial charge in [-0.3, -0.25) is 9.48 Å². The predicted molar refractivity (Wildman–Crippen MR) is 91.9 cm³/mol. The van der Waals surface area contributed by atoms with E-state index in [1.54, 1.807) is 18.0 Å². The third-order valence-electron chi connectivity index (χ3n) is 3.78. The first-order valence-electron chi connectivity index (χ1n) is 7.98. The van der Waals surface area contributed by atoms with Crippen molar-refractivity contribution in [1.82, 2.24) is 20.3 Å². The number of benzene rings is 1. The van der Waals surface area contributed by atoms with Gasteiger partial charge in [0.2, 0.25) is 5.91 Å². The van der Waals surface area contributed by atoms with Crippen LogP contribution in [0.4, 0.5) is 0 Å². The van der Waals surface area contributed by atoms with Crippen molar-refractivity contribution in [3.05, 3.63) is 54.0 Å². The topological polar surface area (TPSA) is 82.2 Å². The van der Waals surface area contributed by atoms with E-state index in [2.05, 4.69) is 15.6 Å². The highest BCUT2D eigenvalue weighted by molar-refractivity contribution is 5.76. The highest BCUT2D eigenvalue weighted by Crippen LogP contribution is 2.24. The van der Waals surface area contributed by atoms with Gasteiger partial charge in [0.15, 0.2) is 5.76 Å². The fourth-order valence-electron chi connectivity index (χ4n) is 2.44. The van der Waals surface area contributed by atoms with Crippen LogP contribution < -0.4 is 10.1 Å². The van der Waals surface area contributed by atoms with Crippen LogP contribution in [0.1, 0.15) is 17.7 Å². The van der Waals surface area contributed by atoms with E-state index < -0.39 is 0 Å². The van der Waals surface area contributed by atoms with Crippen molar-refractivity contribution in [2.24, 2.45) is 7.05 Å². The van der Waals surface area contributed by atoms with E-state index >= 15 is 0 Å². The molecule has 0 aliphatic carbocycles. The molecular formula is C18H20N4O3. The van der Waals surface area contributed by atoms with Crippen molar-refractivity contribution < 1.29 is 14.1 Å². The minimum Gasteiger partial charge on any atom is -0.497 e. The third-order valence-corrected chi connectivity index (χ3v) is 3.78. The maximum Gasteiger partial charge on any atom is 0.220 e. The zero-order chi connectivity index (χ0) is 17.6. The van der Waals surface area contributed by atoms with Gasteiger partial charge in [0.05, 0.1) is 19.9 Å². The normalized spacial score (nSPS) is 10.6. The van der Waals surface area contributed by atoms with Crippen LogP contribution in [-0.2, 0) is 24.8 Å². The first kappa shape index (κ1) is 16.8. The Balaban J connectivity index is 1.51. The number of carbonyl (C=O) groups is 1. The summed E-state index contributed by atoms with van der Waals surface area (Å²) in [5.41, 5.74) is 2.59. The van der Waals surface area contributed by atoms with Crippen LogP contribution in [-0.4, -0.2) is 28.0 Å². The molecule has 0 saturated carbocycles. The molecule has 2 aromatic heterocycles. The standard InChI is InChI=1S/C18H20N4O3/c1-22-12-13(10-20-22)6-7-18(23)19-11-15-9-17(25-21-15)14-4-3-5-16(8-14)24-2/h3-5,8-10,12H,6-7,11H2,1-2H3,(H,19,23). The molecule has 0 saturated heterocycles. The van der Waals surface area contributed by atoms with Crippen LogP contribution in [0.5, 0.6) is 5.75 Å². The van der Waals surface area contributed by atoms with E-state index in [0.717, 1.165) is 16.9 Å². The van der Waals surface area contributed by atoms with Gasteiger partial charge in [0.25, 0.3) is 0 Å². The molecule has 0 aliphatic rings. The van der Waals surface area contributed by atoms with E-state index in [4.69, 9.17) is 9.26 Å². The summed E-state index contributed by atoms with van der Waals surface area (Å²) in [7, 11) is 3.47. The van der Waals surface area contributed by atoms with Gasteiger partial charge in [0, 0.05) is 31.3 Å². The first-order chi connectivity index (χ1) is 12.1. The fourth-order valence-corrected chi connectivity index (χ4v) is 2.44. The molecule has 7 nitrogen and oxygen atoms in total. The Morgan fingerprint density at radius 1 is 1.36 bits per heavy atom. The fraction of sp³-hybridized carbons (Fsp3) is 0.278. The number of aryl methyl sites for hydroxylation is 2. The van der Waals surface area contributed by atoms with E-state index in [1.807, 2.05) is 43.6 Å². The van der Waals surface area contributed by atoms with Crippen LogP contribution in [0.3, 0.4) is 0 Å². The third kappa shape index (κ3) is 4.47. The summed E-state index contributed by atoms with van der Waals surface area (Å²) < 4.78 is 12.3. The SMILES string of the molecule is COc1cccc(-c2cc(CNC(=O)CCc3cnn(C)c3)no2)c1. The summed E-state index contributed by atoms with van der Waals surface area (Å²) in [6.07, 6.45) is 4.75. The second-order valence-electron chi connectivity index (χ2n) is 5.71. The molecule has 0 bridgehead atoms. The molecule has 1 aromatic carbocycles. The molecule has 0 fully saturated rings. The van der Waals surface area contributed by atoms with E-state index in [9.17, 15) is 4.79 Å². The second kappa shape index (κ2) is 7.65. The zero-order valence-electron chi connectivity index (χ0n) is 14.2. The number of nitrogens with one attached hydrogen (secondary N) is 1. The Hall–Kier alpha value is -3.09. The summed E-state index contributed by atoms with van der Waals surface area (Å²) in [4.78, 5) is 11.9. The molecule has 3 rings (SSSR count). The van der Waals surface area contributed by atoms with Crippen LogP contribution in [0.25, 0.3) is 11.3 Å². The van der Waals surface area contributed by atoms with Crippen molar-refractivity contribution in [3.8, 4) is 17.1 Å². The lowest BCUT2D eigenvalue weighted by Gasteiger charge is -2.01. The number of ether oxygens (including phenoxy) is 1. The van der Waals surface area contributed by atoms with E-state index in [-0.39, 0.29) is 5.91 Å². The lowest BCUT2D eigenvalue weighted by molar-refractivity contribution is -0.121. The van der Waals surface area contributed by atoms with Crippen molar-refractivity contribution in [3.63, 3.8) is 0 Å². The number of methoxy groups -OCH3 is 1. The number of rotatable bonds is 7. The van der Waals surface area contributed by atoms with Gasteiger partial charge in [-0.25, -0.2) is 0 Å². The number of hydrogen-bond donors (Lipinski definition) is 1. The van der Waals surface area contributed by atoms with Crippen LogP contribution in [0, 0.1) is 0 Å². The molecule has 0 atom stereocenters. The van der Waals surface area contributed by atoms with Gasteiger partial charge < -0.3 is 14.6 Å². The smallest absolute Gasteiger partial charge is 0.220 e. The average Bonchev–Trinajstić information content (AvgIpc) is 3.27. The van der Waals surface area contributed by atoms with E-state index in [0.29, 0.717) is 30.8 Å². The minimum absolute atomic E-state index is 0.0326. The van der Waals surface area contributed by atoms with Crippen LogP contribution >= 0.6 is 0 Å². The van der Waals surface area contributed by atoms with Crippen LogP contribution in [0.2, 0.25) is 0 Å². The highest BCUT2D eigenvalue weighted by atomic mass is 16.5. The Labute approximate surface area is 145 Å². The molecule has 2 heterocycles. The maximum absolute atomic E-state index is 11.9. The lowest BCUT2D eigenvalue weighted by atomic mass is 10.1. The monoisotopic (exact) mass is 340 g/mol. The second-order valence-corrected chi connectivity index (χ2v) is 5.71. The molecule has 0 radical (unpaired) electrons. The minimum atomic E-state index is -0.0326. The molecule has 1 amide bonds. The molecule has 0 aliphatic heterocycles. The lowest BCUT2D eigenvalue weighted by Crippen LogP contribution is -2.23. The van der Waals surface area contributed by atoms with Gasteiger partial charge in [-0.05, 0) is 24.1 Å². The summed E-state index contributed by atoms with van der Waals surface area (Å²) in [5, 5.41) is 10.9. The number of amides is 1. The van der Waals surface area contributed by atoms with E-state index in [1.165, 1.54) is 0 Å². The number of hydrogen-bond acceptors (Lipinski definition) is 5. The molecule has 130 valence electrons. The summed E-state index contributed by atoms with van der Waals surface area (Å²) >= 11 is 0. The molecule has 25 heavy (non-hydrogen) atoms. The molecule has 0 unspecified atom stereocenters. The van der Waals surface area contributed by atoms with Gasteiger partial charge in [-0.15, -0.1) is 0 Å². The van der Waals surface area contributed by atoms with Crippen molar-refractivity contribution in [1.29, 1.82) is 0 Å². The Morgan fingerprint density at radius 3 is 3.00 bits per heavy atom. The zero-order valence-corrected chi connectivity index (χ0v) is 14.2. The quantitative estimate of drug-likeness (QED) is 0.714. The number of aromatic nitrogens is 3. The average molecular weight is 340 g/mol. The highest BCUT2D eigenvalue weighted by Gasteiger charge is 2.09. The predicted octanol–water partition coefficient (Wildman–Crippen LogP) is 2.33. The largest absolute Gasteiger partial charge is 0.497 e. The summed E-state index contributed by atoms with van der Waals surface area (Å²) in [6, 6.07) is 9.35. The van der Waals surface area contributed by atoms with Gasteiger partial charge >= 0.3 is 0 Å². The number of carbonyl (C=O) groups excluding carboxylic acids is 1. The molecule has 3 aromatic rings. The van der Waals surface area contributed by atoms with Gasteiger partial charge in [-0.1, -0.05) is 17.3 Å². The molecule has 7 heteroatoms. The Kier molecular flexibility index (Phi) is 5.13. The van der Waals surface area contributed by atoms with Gasteiger partial charge in [-0.2, -0.15) is 5.10 Å². The van der Waals surface area contributed by atoms with Gasteiger partial charge in [0.1, 0.15) is 11.4 Å². The summed E-state index contributed by atoms with van der Waals surface area (Å²) in [5.74, 6) is 1.35. The molecular weight excluding hydrogens is 320 g/mol. The Morgan fingerprint density at radius 2 is 2.24 bits per heavy atom. The number of nitrogens with zero attached hydrogens (tertiary/aromatic N) is 3. The Bertz CT molecular complexity index is 853. The van der Waals surface area contributed by atoms with Crippen molar-refractivity contribution in [2.75, 3.05) is 7.11 Å². The summed E-state index contributed by atoms with van der Waals surface area (Å²) in [6.45, 7) is 0.333. The van der Waals surface area contributed by atoms with Crippen molar-refractivity contribution in [2.45, 2.75) is 19.4 Å². The van der Waals surface area contributed by atoms with Crippen molar-refractivity contribution >= 4 is 5.91 Å².